The van der Waals surface area contributed by atoms with Crippen LogP contribution in [-0.2, 0) is 6.18 Å². The Kier molecular flexibility index (Phi) is 4.04. The van der Waals surface area contributed by atoms with Crippen LogP contribution in [0.5, 0.6) is 0 Å². The van der Waals surface area contributed by atoms with Crippen molar-refractivity contribution in [1.29, 1.82) is 0 Å². The Morgan fingerprint density at radius 3 is 2.33 bits per heavy atom. The van der Waals surface area contributed by atoms with Crippen molar-refractivity contribution in [3.05, 3.63) is 52.2 Å². The van der Waals surface area contributed by atoms with Gasteiger partial charge in [-0.15, -0.1) is 0 Å². The number of anilines is 2. The number of pyridine rings is 1. The van der Waals surface area contributed by atoms with Crippen LogP contribution in [0.3, 0.4) is 0 Å². The van der Waals surface area contributed by atoms with Gasteiger partial charge in [0.15, 0.2) is 0 Å². The summed E-state index contributed by atoms with van der Waals surface area (Å²) in [6.07, 6.45) is -4.62. The molecule has 2 nitrogen and oxygen atoms in total. The summed E-state index contributed by atoms with van der Waals surface area (Å²) in [7, 11) is 0. The van der Waals surface area contributed by atoms with Crippen molar-refractivity contribution in [2.45, 2.75) is 13.1 Å². The molecule has 0 atom stereocenters. The highest BCUT2D eigenvalue weighted by Gasteiger charge is 2.31. The predicted molar refractivity (Wildman–Crippen MR) is 68.6 cm³/mol. The van der Waals surface area contributed by atoms with Gasteiger partial charge in [-0.3, -0.25) is 0 Å². The maximum absolute atomic E-state index is 13.6. The molecule has 1 aromatic heterocycles. The monoisotopic (exact) mass is 322 g/mol. The molecule has 0 saturated heterocycles. The highest BCUT2D eigenvalue weighted by molar-refractivity contribution is 6.29. The molecular formula is C13H8ClF5N2. The molecule has 0 spiro atoms. The van der Waals surface area contributed by atoms with Crippen LogP contribution in [0.1, 0.15) is 11.1 Å². The van der Waals surface area contributed by atoms with E-state index < -0.39 is 28.5 Å². The first-order valence-electron chi connectivity index (χ1n) is 5.64. The molecule has 0 unspecified atom stereocenters. The number of hydrogen-bond donors (Lipinski definition) is 1. The van der Waals surface area contributed by atoms with Crippen LogP contribution in [0, 0.1) is 18.6 Å². The van der Waals surface area contributed by atoms with Crippen LogP contribution in [0.2, 0.25) is 5.15 Å². The first-order chi connectivity index (χ1) is 9.66. The van der Waals surface area contributed by atoms with Gasteiger partial charge >= 0.3 is 6.18 Å². The highest BCUT2D eigenvalue weighted by Crippen LogP contribution is 2.33. The van der Waals surface area contributed by atoms with Crippen molar-refractivity contribution in [3.8, 4) is 0 Å². The Morgan fingerprint density at radius 2 is 1.71 bits per heavy atom. The fourth-order valence-electron chi connectivity index (χ4n) is 1.60. The lowest BCUT2D eigenvalue weighted by atomic mass is 10.2. The topological polar surface area (TPSA) is 24.9 Å². The molecule has 2 aromatic rings. The second kappa shape index (κ2) is 5.48. The minimum Gasteiger partial charge on any atom is -0.338 e. The quantitative estimate of drug-likeness (QED) is 0.616. The number of alkyl halides is 3. The van der Waals surface area contributed by atoms with Gasteiger partial charge in [-0.1, -0.05) is 11.6 Å². The molecule has 0 aliphatic rings. The molecule has 0 bridgehead atoms. The van der Waals surface area contributed by atoms with Gasteiger partial charge in [0.1, 0.15) is 22.6 Å². The van der Waals surface area contributed by atoms with Crippen LogP contribution in [-0.4, -0.2) is 4.98 Å². The van der Waals surface area contributed by atoms with E-state index in [0.29, 0.717) is 12.1 Å². The number of halogens is 6. The van der Waals surface area contributed by atoms with Crippen LogP contribution in [0.15, 0.2) is 24.3 Å². The van der Waals surface area contributed by atoms with E-state index in [9.17, 15) is 22.0 Å². The zero-order valence-corrected chi connectivity index (χ0v) is 11.3. The molecule has 0 amide bonds. The van der Waals surface area contributed by atoms with Gasteiger partial charge in [0, 0.05) is 6.07 Å². The van der Waals surface area contributed by atoms with Crippen LogP contribution < -0.4 is 5.32 Å². The molecule has 2 rings (SSSR count). The van der Waals surface area contributed by atoms with E-state index in [2.05, 4.69) is 10.3 Å². The normalized spacial score (nSPS) is 11.6. The van der Waals surface area contributed by atoms with E-state index in [1.165, 1.54) is 6.92 Å². The smallest absolute Gasteiger partial charge is 0.338 e. The number of aryl methyl sites for hydroxylation is 1. The zero-order valence-electron chi connectivity index (χ0n) is 10.5. The molecule has 0 aliphatic heterocycles. The number of nitrogens with one attached hydrogen (secondary N) is 1. The van der Waals surface area contributed by atoms with Gasteiger partial charge < -0.3 is 5.32 Å². The van der Waals surface area contributed by atoms with Crippen molar-refractivity contribution in [2.24, 2.45) is 0 Å². The lowest BCUT2D eigenvalue weighted by molar-refractivity contribution is -0.137. The first-order valence-corrected chi connectivity index (χ1v) is 6.02. The van der Waals surface area contributed by atoms with Crippen LogP contribution >= 0.6 is 11.6 Å². The zero-order chi connectivity index (χ0) is 15.8. The first kappa shape index (κ1) is 15.5. The van der Waals surface area contributed by atoms with E-state index in [1.807, 2.05) is 0 Å². The fraction of sp³-hybridized carbons (Fsp3) is 0.154. The molecule has 1 heterocycles. The van der Waals surface area contributed by atoms with E-state index in [0.717, 1.165) is 12.1 Å². The minimum absolute atomic E-state index is 0.0769. The predicted octanol–water partition coefficient (Wildman–Crippen LogP) is 5.08. The number of hydrogen-bond acceptors (Lipinski definition) is 2. The van der Waals surface area contributed by atoms with E-state index in [-0.39, 0.29) is 17.1 Å². The summed E-state index contributed by atoms with van der Waals surface area (Å²) in [5.74, 6) is -1.85. The van der Waals surface area contributed by atoms with Crippen molar-refractivity contribution in [3.63, 3.8) is 0 Å². The van der Waals surface area contributed by atoms with E-state index >= 15 is 0 Å². The molecule has 21 heavy (non-hydrogen) atoms. The van der Waals surface area contributed by atoms with Crippen molar-refractivity contribution < 1.29 is 22.0 Å². The van der Waals surface area contributed by atoms with Gasteiger partial charge in [-0.05, 0) is 30.7 Å². The number of benzene rings is 1. The standard InChI is InChI=1S/C13H8ClF5N2/c1-6-2-9(16)10(5-8(6)15)20-12-4-7(13(17,18)19)3-11(14)21-12/h2-5H,1H3,(H,20,21). The van der Waals surface area contributed by atoms with Gasteiger partial charge in [0.2, 0.25) is 0 Å². The second-order valence-electron chi connectivity index (χ2n) is 4.27. The Bertz CT molecular complexity index is 685. The third-order valence-electron chi connectivity index (χ3n) is 2.63. The maximum Gasteiger partial charge on any atom is 0.416 e. The van der Waals surface area contributed by atoms with E-state index in [4.69, 9.17) is 11.6 Å². The van der Waals surface area contributed by atoms with Gasteiger partial charge in [0.25, 0.3) is 0 Å². The highest BCUT2D eigenvalue weighted by atomic mass is 35.5. The third kappa shape index (κ3) is 3.60. The van der Waals surface area contributed by atoms with Crippen molar-refractivity contribution in [2.75, 3.05) is 5.32 Å². The molecule has 0 fully saturated rings. The average molecular weight is 323 g/mol. The summed E-state index contributed by atoms with van der Waals surface area (Å²) >= 11 is 5.50. The Labute approximate surface area is 121 Å². The Hall–Kier alpha value is -1.89. The molecule has 0 radical (unpaired) electrons. The summed E-state index contributed by atoms with van der Waals surface area (Å²) in [4.78, 5) is 3.60. The lowest BCUT2D eigenvalue weighted by Gasteiger charge is -2.12. The molecule has 8 heteroatoms. The number of aromatic nitrogens is 1. The van der Waals surface area contributed by atoms with Gasteiger partial charge in [0.05, 0.1) is 11.3 Å². The molecular weight excluding hydrogens is 315 g/mol. The Morgan fingerprint density at radius 1 is 1.05 bits per heavy atom. The third-order valence-corrected chi connectivity index (χ3v) is 2.83. The van der Waals surface area contributed by atoms with Gasteiger partial charge in [-0.25, -0.2) is 13.8 Å². The second-order valence-corrected chi connectivity index (χ2v) is 4.66. The largest absolute Gasteiger partial charge is 0.416 e. The fourth-order valence-corrected chi connectivity index (χ4v) is 1.81. The van der Waals surface area contributed by atoms with Crippen LogP contribution in [0.4, 0.5) is 33.5 Å². The SMILES string of the molecule is Cc1cc(F)c(Nc2cc(C(F)(F)F)cc(Cl)n2)cc1F. The van der Waals surface area contributed by atoms with E-state index in [1.54, 1.807) is 0 Å². The summed E-state index contributed by atoms with van der Waals surface area (Å²) in [5.41, 5.74) is -1.30. The summed E-state index contributed by atoms with van der Waals surface area (Å²) < 4.78 is 64.9. The minimum atomic E-state index is -4.62. The Balaban J connectivity index is 2.40. The number of nitrogens with zero attached hydrogens (tertiary/aromatic N) is 1. The molecule has 0 aliphatic carbocycles. The summed E-state index contributed by atoms with van der Waals surface area (Å²) in [6, 6.07) is 3.05. The summed E-state index contributed by atoms with van der Waals surface area (Å²) in [5, 5.41) is 1.87. The number of rotatable bonds is 2. The van der Waals surface area contributed by atoms with Gasteiger partial charge in [-0.2, -0.15) is 13.2 Å². The van der Waals surface area contributed by atoms with Crippen molar-refractivity contribution in [1.82, 2.24) is 4.98 Å². The van der Waals surface area contributed by atoms with Crippen LogP contribution in [0.25, 0.3) is 0 Å². The molecule has 1 N–H and O–H groups in total. The average Bonchev–Trinajstić information content (AvgIpc) is 2.34. The molecule has 1 aromatic carbocycles. The summed E-state index contributed by atoms with van der Waals surface area (Å²) in [6.45, 7) is 1.36. The van der Waals surface area contributed by atoms with Crippen molar-refractivity contribution >= 4 is 23.1 Å². The maximum atomic E-state index is 13.6. The molecule has 0 saturated carbocycles. The molecule has 112 valence electrons. The lowest BCUT2D eigenvalue weighted by Crippen LogP contribution is -2.07.